The molecule has 1 saturated heterocycles. The summed E-state index contributed by atoms with van der Waals surface area (Å²) in [5, 5.41) is 13.0. The summed E-state index contributed by atoms with van der Waals surface area (Å²) in [6.45, 7) is 3.92. The Hall–Kier alpha value is -1.13. The average Bonchev–Trinajstić information content (AvgIpc) is 2.80. The third kappa shape index (κ3) is 2.58. The molecule has 0 aromatic heterocycles. The number of halogens is 1. The Morgan fingerprint density at radius 2 is 2.29 bits per heavy atom. The van der Waals surface area contributed by atoms with Crippen molar-refractivity contribution in [2.45, 2.75) is 25.4 Å². The molecule has 1 aliphatic rings. The van der Waals surface area contributed by atoms with E-state index in [1.165, 1.54) is 18.2 Å². The van der Waals surface area contributed by atoms with Gasteiger partial charge in [0.2, 0.25) is 0 Å². The van der Waals surface area contributed by atoms with Crippen molar-refractivity contribution in [2.24, 2.45) is 0 Å². The van der Waals surface area contributed by atoms with Crippen LogP contribution in [0.3, 0.4) is 0 Å². The van der Waals surface area contributed by atoms with Crippen LogP contribution < -0.4 is 5.32 Å². The molecule has 0 amide bonds. The highest BCUT2D eigenvalue weighted by molar-refractivity contribution is 5.35. The molecule has 1 fully saturated rings. The fourth-order valence-electron chi connectivity index (χ4n) is 2.43. The SMILES string of the molecule is CNC1CCN(C(C)c2cc(F)ccc2O)C1. The van der Waals surface area contributed by atoms with Gasteiger partial charge in [-0.1, -0.05) is 0 Å². The first-order valence-corrected chi connectivity index (χ1v) is 6.01. The second-order valence-corrected chi connectivity index (χ2v) is 4.65. The number of rotatable bonds is 3. The Kier molecular flexibility index (Phi) is 3.64. The van der Waals surface area contributed by atoms with Crippen molar-refractivity contribution in [3.05, 3.63) is 29.6 Å². The van der Waals surface area contributed by atoms with Crippen molar-refractivity contribution in [2.75, 3.05) is 20.1 Å². The zero-order valence-electron chi connectivity index (χ0n) is 10.3. The maximum Gasteiger partial charge on any atom is 0.123 e. The minimum absolute atomic E-state index is 0.0454. The van der Waals surface area contributed by atoms with Gasteiger partial charge in [-0.15, -0.1) is 0 Å². The van der Waals surface area contributed by atoms with Crippen LogP contribution in [0.4, 0.5) is 4.39 Å². The smallest absolute Gasteiger partial charge is 0.123 e. The molecule has 17 heavy (non-hydrogen) atoms. The summed E-state index contributed by atoms with van der Waals surface area (Å²) in [6, 6.07) is 4.67. The summed E-state index contributed by atoms with van der Waals surface area (Å²) < 4.78 is 13.2. The minimum Gasteiger partial charge on any atom is -0.508 e. The van der Waals surface area contributed by atoms with Crippen molar-refractivity contribution < 1.29 is 9.50 Å². The molecule has 0 aliphatic carbocycles. The van der Waals surface area contributed by atoms with E-state index in [-0.39, 0.29) is 17.6 Å². The maximum absolute atomic E-state index is 13.2. The van der Waals surface area contributed by atoms with Gasteiger partial charge in [-0.3, -0.25) is 4.90 Å². The van der Waals surface area contributed by atoms with Gasteiger partial charge < -0.3 is 10.4 Å². The highest BCUT2D eigenvalue weighted by Crippen LogP contribution is 2.31. The van der Waals surface area contributed by atoms with Crippen molar-refractivity contribution in [1.82, 2.24) is 10.2 Å². The van der Waals surface area contributed by atoms with E-state index in [0.29, 0.717) is 11.6 Å². The van der Waals surface area contributed by atoms with Crippen LogP contribution in [0.2, 0.25) is 0 Å². The molecule has 1 aromatic carbocycles. The van der Waals surface area contributed by atoms with Gasteiger partial charge in [-0.2, -0.15) is 0 Å². The summed E-state index contributed by atoms with van der Waals surface area (Å²) in [6.07, 6.45) is 1.09. The lowest BCUT2D eigenvalue weighted by molar-refractivity contribution is 0.251. The van der Waals surface area contributed by atoms with Crippen LogP contribution in [0.1, 0.15) is 24.9 Å². The van der Waals surface area contributed by atoms with Gasteiger partial charge in [0.05, 0.1) is 0 Å². The first-order chi connectivity index (χ1) is 8.11. The summed E-state index contributed by atoms with van der Waals surface area (Å²) in [5.74, 6) is -0.124. The highest BCUT2D eigenvalue weighted by atomic mass is 19.1. The molecule has 2 N–H and O–H groups in total. The third-order valence-corrected chi connectivity index (χ3v) is 3.62. The number of likely N-dealkylation sites (N-methyl/N-ethyl adjacent to an activating group) is 1. The Labute approximate surface area is 101 Å². The van der Waals surface area contributed by atoms with E-state index in [1.807, 2.05) is 14.0 Å². The lowest BCUT2D eigenvalue weighted by Gasteiger charge is -2.25. The van der Waals surface area contributed by atoms with Crippen LogP contribution in [0.25, 0.3) is 0 Å². The molecule has 2 rings (SSSR count). The molecular formula is C13H19FN2O. The fraction of sp³-hybridized carbons (Fsp3) is 0.538. The standard InChI is InChI=1S/C13H19FN2O/c1-9(16-6-5-11(8-16)15-2)12-7-10(14)3-4-13(12)17/h3-4,7,9,11,15,17H,5-6,8H2,1-2H3. The third-order valence-electron chi connectivity index (χ3n) is 3.62. The van der Waals surface area contributed by atoms with Crippen LogP contribution >= 0.6 is 0 Å². The highest BCUT2D eigenvalue weighted by Gasteiger charge is 2.27. The maximum atomic E-state index is 13.2. The van der Waals surface area contributed by atoms with Gasteiger partial charge in [0.1, 0.15) is 11.6 Å². The monoisotopic (exact) mass is 238 g/mol. The summed E-state index contributed by atoms with van der Waals surface area (Å²) in [5.41, 5.74) is 0.668. The van der Waals surface area contributed by atoms with Crippen molar-refractivity contribution in [3.8, 4) is 5.75 Å². The zero-order chi connectivity index (χ0) is 12.4. The van der Waals surface area contributed by atoms with Crippen LogP contribution in [-0.2, 0) is 0 Å². The number of hydrogen-bond acceptors (Lipinski definition) is 3. The molecule has 0 spiro atoms. The molecule has 0 radical (unpaired) electrons. The fourth-order valence-corrected chi connectivity index (χ4v) is 2.43. The van der Waals surface area contributed by atoms with E-state index < -0.39 is 0 Å². The number of phenols is 1. The number of phenolic OH excluding ortho intramolecular Hbond substituents is 1. The molecule has 94 valence electrons. The molecule has 0 bridgehead atoms. The van der Waals surface area contributed by atoms with Gasteiger partial charge in [-0.05, 0) is 38.6 Å². The summed E-state index contributed by atoms with van der Waals surface area (Å²) in [4.78, 5) is 2.26. The number of nitrogens with zero attached hydrogens (tertiary/aromatic N) is 1. The van der Waals surface area contributed by atoms with Gasteiger partial charge >= 0.3 is 0 Å². The minimum atomic E-state index is -0.297. The molecule has 0 saturated carbocycles. The molecule has 4 heteroatoms. The Balaban J connectivity index is 2.14. The van der Waals surface area contributed by atoms with E-state index in [1.54, 1.807) is 0 Å². The first-order valence-electron chi connectivity index (χ1n) is 6.01. The first kappa shape index (κ1) is 12.3. The number of likely N-dealkylation sites (tertiary alicyclic amines) is 1. The number of benzene rings is 1. The Morgan fingerprint density at radius 1 is 1.53 bits per heavy atom. The lowest BCUT2D eigenvalue weighted by Crippen LogP contribution is -2.31. The predicted octanol–water partition coefficient (Wildman–Crippen LogP) is 1.89. The molecule has 1 aliphatic heterocycles. The molecular weight excluding hydrogens is 219 g/mol. The van der Waals surface area contributed by atoms with Gasteiger partial charge in [0, 0.05) is 30.7 Å². The van der Waals surface area contributed by atoms with Gasteiger partial charge in [0.25, 0.3) is 0 Å². The second kappa shape index (κ2) is 5.02. The summed E-state index contributed by atoms with van der Waals surface area (Å²) in [7, 11) is 1.96. The van der Waals surface area contributed by atoms with Crippen LogP contribution in [0.15, 0.2) is 18.2 Å². The quantitative estimate of drug-likeness (QED) is 0.844. The van der Waals surface area contributed by atoms with Crippen molar-refractivity contribution >= 4 is 0 Å². The van der Waals surface area contributed by atoms with E-state index in [4.69, 9.17) is 0 Å². The van der Waals surface area contributed by atoms with Gasteiger partial charge in [-0.25, -0.2) is 4.39 Å². The molecule has 1 heterocycles. The van der Waals surface area contributed by atoms with E-state index >= 15 is 0 Å². The van der Waals surface area contributed by atoms with Crippen molar-refractivity contribution in [1.29, 1.82) is 0 Å². The Morgan fingerprint density at radius 3 is 2.94 bits per heavy atom. The lowest BCUT2D eigenvalue weighted by atomic mass is 10.1. The van der Waals surface area contributed by atoms with E-state index in [0.717, 1.165) is 19.5 Å². The predicted molar refractivity (Wildman–Crippen MR) is 65.5 cm³/mol. The average molecular weight is 238 g/mol. The Bertz CT molecular complexity index is 397. The molecule has 3 nitrogen and oxygen atoms in total. The van der Waals surface area contributed by atoms with E-state index in [9.17, 15) is 9.50 Å². The van der Waals surface area contributed by atoms with Crippen LogP contribution in [-0.4, -0.2) is 36.2 Å². The van der Waals surface area contributed by atoms with Crippen molar-refractivity contribution in [3.63, 3.8) is 0 Å². The largest absolute Gasteiger partial charge is 0.508 e. The number of hydrogen-bond donors (Lipinski definition) is 2. The zero-order valence-corrected chi connectivity index (χ0v) is 10.3. The molecule has 1 aromatic rings. The van der Waals surface area contributed by atoms with Crippen LogP contribution in [0, 0.1) is 5.82 Å². The molecule has 2 atom stereocenters. The number of nitrogens with one attached hydrogen (secondary N) is 1. The summed E-state index contributed by atoms with van der Waals surface area (Å²) >= 11 is 0. The van der Waals surface area contributed by atoms with Crippen LogP contribution in [0.5, 0.6) is 5.75 Å². The number of aromatic hydroxyl groups is 1. The topological polar surface area (TPSA) is 35.5 Å². The van der Waals surface area contributed by atoms with E-state index in [2.05, 4.69) is 10.2 Å². The molecule has 2 unspecified atom stereocenters. The normalized spacial score (nSPS) is 22.9. The van der Waals surface area contributed by atoms with Gasteiger partial charge in [0.15, 0.2) is 0 Å². The second-order valence-electron chi connectivity index (χ2n) is 4.65.